The molecule has 0 aromatic heterocycles. The van der Waals surface area contributed by atoms with Crippen LogP contribution in [0.2, 0.25) is 0 Å². The van der Waals surface area contributed by atoms with Gasteiger partial charge in [0, 0.05) is 36.2 Å². The van der Waals surface area contributed by atoms with E-state index in [1.54, 1.807) is 17.0 Å². The van der Waals surface area contributed by atoms with Crippen molar-refractivity contribution in [1.82, 2.24) is 9.21 Å². The molecule has 1 heterocycles. The average molecular weight is 361 g/mol. The number of sulfonamides is 1. The second-order valence-corrected chi connectivity index (χ2v) is 7.72. The van der Waals surface area contributed by atoms with Gasteiger partial charge in [-0.3, -0.25) is 4.79 Å². The number of nitrogens with zero attached hydrogens (tertiary/aromatic N) is 2. The van der Waals surface area contributed by atoms with E-state index < -0.39 is 10.0 Å². The predicted molar refractivity (Wildman–Crippen MR) is 81.1 cm³/mol. The summed E-state index contributed by atoms with van der Waals surface area (Å²) in [5.74, 6) is -0.0540. The molecule has 110 valence electrons. The summed E-state index contributed by atoms with van der Waals surface area (Å²) in [4.78, 5) is 14.1. The first-order valence-corrected chi connectivity index (χ1v) is 9.02. The van der Waals surface area contributed by atoms with Crippen LogP contribution in [0.15, 0.2) is 28.7 Å². The van der Waals surface area contributed by atoms with Gasteiger partial charge in [0.15, 0.2) is 0 Å². The van der Waals surface area contributed by atoms with Crippen molar-refractivity contribution < 1.29 is 13.2 Å². The van der Waals surface area contributed by atoms with Crippen molar-refractivity contribution in [2.45, 2.75) is 6.42 Å². The van der Waals surface area contributed by atoms with E-state index in [2.05, 4.69) is 15.9 Å². The lowest BCUT2D eigenvalue weighted by atomic mass is 10.2. The van der Waals surface area contributed by atoms with Crippen LogP contribution in [0.3, 0.4) is 0 Å². The largest absolute Gasteiger partial charge is 0.337 e. The molecule has 20 heavy (non-hydrogen) atoms. The predicted octanol–water partition coefficient (Wildman–Crippen LogP) is 1.56. The first kappa shape index (κ1) is 15.5. The van der Waals surface area contributed by atoms with E-state index in [9.17, 15) is 13.2 Å². The van der Waals surface area contributed by atoms with Gasteiger partial charge in [0.2, 0.25) is 10.0 Å². The number of carbonyl (C=O) groups is 1. The summed E-state index contributed by atoms with van der Waals surface area (Å²) in [6, 6.07) is 7.23. The third-order valence-electron chi connectivity index (χ3n) is 3.28. The normalized spacial score (nSPS) is 17.8. The van der Waals surface area contributed by atoms with Gasteiger partial charge in [-0.15, -0.1) is 0 Å². The molecule has 7 heteroatoms. The van der Waals surface area contributed by atoms with Crippen LogP contribution < -0.4 is 0 Å². The standard InChI is InChI=1S/C13H17BrN2O3S/c1-20(18,19)16-7-3-6-15(8-9-16)13(17)11-4-2-5-12(14)10-11/h2,4-5,10H,3,6-9H2,1H3. The minimum Gasteiger partial charge on any atom is -0.337 e. The van der Waals surface area contributed by atoms with Crippen LogP contribution in [0.25, 0.3) is 0 Å². The molecule has 1 aliphatic rings. The van der Waals surface area contributed by atoms with E-state index in [0.717, 1.165) is 4.47 Å². The van der Waals surface area contributed by atoms with Gasteiger partial charge in [0.1, 0.15) is 0 Å². The zero-order valence-electron chi connectivity index (χ0n) is 11.3. The number of carbonyl (C=O) groups excluding carboxylic acids is 1. The van der Waals surface area contributed by atoms with Crippen LogP contribution in [-0.2, 0) is 10.0 Å². The van der Waals surface area contributed by atoms with Gasteiger partial charge in [0.05, 0.1) is 6.26 Å². The van der Waals surface area contributed by atoms with Gasteiger partial charge in [-0.05, 0) is 24.6 Å². The van der Waals surface area contributed by atoms with Crippen molar-refractivity contribution in [3.63, 3.8) is 0 Å². The van der Waals surface area contributed by atoms with E-state index in [1.165, 1.54) is 10.6 Å². The Kier molecular flexibility index (Phi) is 4.82. The summed E-state index contributed by atoms with van der Waals surface area (Å²) >= 11 is 3.35. The molecule has 0 saturated carbocycles. The van der Waals surface area contributed by atoms with Crippen molar-refractivity contribution in [1.29, 1.82) is 0 Å². The minimum absolute atomic E-state index is 0.0540. The molecule has 0 unspecified atom stereocenters. The first-order chi connectivity index (χ1) is 9.38. The van der Waals surface area contributed by atoms with Crippen LogP contribution in [0.1, 0.15) is 16.8 Å². The molecule has 0 N–H and O–H groups in total. The molecular formula is C13H17BrN2O3S. The molecule has 1 amide bonds. The third-order valence-corrected chi connectivity index (χ3v) is 5.08. The highest BCUT2D eigenvalue weighted by molar-refractivity contribution is 9.10. The molecule has 1 aromatic carbocycles. The summed E-state index contributed by atoms with van der Waals surface area (Å²) in [5, 5.41) is 0. The monoisotopic (exact) mass is 360 g/mol. The highest BCUT2D eigenvalue weighted by Crippen LogP contribution is 2.15. The Balaban J connectivity index is 2.09. The summed E-state index contributed by atoms with van der Waals surface area (Å²) in [6.07, 6.45) is 1.87. The quantitative estimate of drug-likeness (QED) is 0.803. The highest BCUT2D eigenvalue weighted by Gasteiger charge is 2.24. The fraction of sp³-hybridized carbons (Fsp3) is 0.462. The van der Waals surface area contributed by atoms with E-state index in [0.29, 0.717) is 38.2 Å². The molecule has 2 rings (SSSR count). The van der Waals surface area contributed by atoms with E-state index >= 15 is 0 Å². The number of hydrogen-bond donors (Lipinski definition) is 0. The number of amides is 1. The zero-order valence-corrected chi connectivity index (χ0v) is 13.7. The Bertz CT molecular complexity index is 603. The van der Waals surface area contributed by atoms with Gasteiger partial charge < -0.3 is 4.90 Å². The molecule has 0 atom stereocenters. The second-order valence-electron chi connectivity index (χ2n) is 4.82. The Hall–Kier alpha value is -0.920. The highest BCUT2D eigenvalue weighted by atomic mass is 79.9. The number of benzene rings is 1. The lowest BCUT2D eigenvalue weighted by molar-refractivity contribution is 0.0764. The second kappa shape index (κ2) is 6.24. The molecule has 1 saturated heterocycles. The molecule has 5 nitrogen and oxygen atoms in total. The van der Waals surface area contributed by atoms with E-state index in [4.69, 9.17) is 0 Å². The SMILES string of the molecule is CS(=O)(=O)N1CCCN(C(=O)c2cccc(Br)c2)CC1. The lowest BCUT2D eigenvalue weighted by Gasteiger charge is -2.21. The van der Waals surface area contributed by atoms with Gasteiger partial charge in [-0.2, -0.15) is 0 Å². The maximum Gasteiger partial charge on any atom is 0.253 e. The van der Waals surface area contributed by atoms with Crippen molar-refractivity contribution >= 4 is 31.9 Å². The minimum atomic E-state index is -3.18. The summed E-state index contributed by atoms with van der Waals surface area (Å²) < 4.78 is 25.4. The molecule has 0 spiro atoms. The van der Waals surface area contributed by atoms with Crippen LogP contribution >= 0.6 is 15.9 Å². The van der Waals surface area contributed by atoms with Gasteiger partial charge in [-0.25, -0.2) is 12.7 Å². The Morgan fingerprint density at radius 1 is 1.20 bits per heavy atom. The smallest absolute Gasteiger partial charge is 0.253 e. The van der Waals surface area contributed by atoms with Crippen molar-refractivity contribution in [2.75, 3.05) is 32.4 Å². The van der Waals surface area contributed by atoms with Crippen molar-refractivity contribution in [3.8, 4) is 0 Å². The maximum atomic E-state index is 12.4. The van der Waals surface area contributed by atoms with Crippen LogP contribution in [-0.4, -0.2) is 56.0 Å². The topological polar surface area (TPSA) is 57.7 Å². The van der Waals surface area contributed by atoms with Crippen LogP contribution in [0.5, 0.6) is 0 Å². The number of halogens is 1. The Morgan fingerprint density at radius 3 is 2.60 bits per heavy atom. The van der Waals surface area contributed by atoms with Crippen molar-refractivity contribution in [3.05, 3.63) is 34.3 Å². The van der Waals surface area contributed by atoms with E-state index in [1.807, 2.05) is 12.1 Å². The van der Waals surface area contributed by atoms with E-state index in [-0.39, 0.29) is 5.91 Å². The summed E-state index contributed by atoms with van der Waals surface area (Å²) in [6.45, 7) is 1.84. The Labute approximate surface area is 127 Å². The summed E-state index contributed by atoms with van der Waals surface area (Å²) in [7, 11) is -3.18. The van der Waals surface area contributed by atoms with Crippen LogP contribution in [0, 0.1) is 0 Å². The number of hydrogen-bond acceptors (Lipinski definition) is 3. The molecule has 0 bridgehead atoms. The van der Waals surface area contributed by atoms with Gasteiger partial charge in [-0.1, -0.05) is 22.0 Å². The molecule has 0 radical (unpaired) electrons. The molecule has 1 aliphatic heterocycles. The van der Waals surface area contributed by atoms with Gasteiger partial charge >= 0.3 is 0 Å². The Morgan fingerprint density at radius 2 is 1.95 bits per heavy atom. The number of rotatable bonds is 2. The molecular weight excluding hydrogens is 344 g/mol. The maximum absolute atomic E-state index is 12.4. The lowest BCUT2D eigenvalue weighted by Crippen LogP contribution is -2.36. The van der Waals surface area contributed by atoms with Crippen molar-refractivity contribution in [2.24, 2.45) is 0 Å². The van der Waals surface area contributed by atoms with Crippen LogP contribution in [0.4, 0.5) is 0 Å². The first-order valence-electron chi connectivity index (χ1n) is 6.38. The average Bonchev–Trinajstić information content (AvgIpc) is 2.63. The molecule has 1 aromatic rings. The fourth-order valence-electron chi connectivity index (χ4n) is 2.23. The summed E-state index contributed by atoms with van der Waals surface area (Å²) in [5.41, 5.74) is 0.618. The molecule has 1 fully saturated rings. The third kappa shape index (κ3) is 3.80. The fourth-order valence-corrected chi connectivity index (χ4v) is 3.51. The van der Waals surface area contributed by atoms with Gasteiger partial charge in [0.25, 0.3) is 5.91 Å². The molecule has 0 aliphatic carbocycles. The zero-order chi connectivity index (χ0) is 14.8.